The van der Waals surface area contributed by atoms with Crippen LogP contribution in [-0.2, 0) is 6.42 Å². The maximum Gasteiger partial charge on any atom is 0.0163 e. The van der Waals surface area contributed by atoms with E-state index in [9.17, 15) is 0 Å². The summed E-state index contributed by atoms with van der Waals surface area (Å²) in [5.74, 6) is 0.717. The zero-order valence-electron chi connectivity index (χ0n) is 9.39. The normalized spacial score (nSPS) is 21.8. The molecule has 0 saturated carbocycles. The van der Waals surface area contributed by atoms with Gasteiger partial charge in [0.2, 0.25) is 0 Å². The summed E-state index contributed by atoms with van der Waals surface area (Å²) in [4.78, 5) is 2.53. The van der Waals surface area contributed by atoms with Gasteiger partial charge in [0.15, 0.2) is 0 Å². The van der Waals surface area contributed by atoms with Crippen molar-refractivity contribution in [1.82, 2.24) is 4.90 Å². The van der Waals surface area contributed by atoms with E-state index in [0.717, 1.165) is 12.5 Å². The van der Waals surface area contributed by atoms with E-state index in [-0.39, 0.29) is 0 Å². The van der Waals surface area contributed by atoms with Crippen molar-refractivity contribution in [3.05, 3.63) is 48.0 Å². The first-order valence-electron chi connectivity index (χ1n) is 5.77. The molecule has 1 heterocycles. The lowest BCUT2D eigenvalue weighted by Crippen LogP contribution is -2.33. The molecule has 0 amide bonds. The van der Waals surface area contributed by atoms with E-state index >= 15 is 0 Å². The van der Waals surface area contributed by atoms with Crippen LogP contribution < -0.4 is 0 Å². The van der Waals surface area contributed by atoms with Crippen molar-refractivity contribution in [3.8, 4) is 0 Å². The molecule has 1 aromatic carbocycles. The fourth-order valence-electron chi connectivity index (χ4n) is 2.10. The van der Waals surface area contributed by atoms with Gasteiger partial charge in [0.25, 0.3) is 0 Å². The minimum Gasteiger partial charge on any atom is -0.299 e. The third-order valence-electron chi connectivity index (χ3n) is 2.93. The first-order valence-corrected chi connectivity index (χ1v) is 5.77. The van der Waals surface area contributed by atoms with Gasteiger partial charge in [-0.15, -0.1) is 0 Å². The smallest absolute Gasteiger partial charge is 0.0163 e. The van der Waals surface area contributed by atoms with Gasteiger partial charge >= 0.3 is 0 Å². The lowest BCUT2D eigenvalue weighted by molar-refractivity contribution is 0.270. The van der Waals surface area contributed by atoms with E-state index in [1.807, 2.05) is 0 Å². The maximum absolute atomic E-state index is 2.53. The molecule has 1 heteroatoms. The molecule has 0 saturated heterocycles. The number of hydrogen-bond donors (Lipinski definition) is 0. The zero-order chi connectivity index (χ0) is 10.5. The van der Waals surface area contributed by atoms with E-state index < -0.39 is 0 Å². The van der Waals surface area contributed by atoms with Crippen LogP contribution in [0.4, 0.5) is 0 Å². The van der Waals surface area contributed by atoms with Crippen LogP contribution in [0.3, 0.4) is 0 Å². The first kappa shape index (κ1) is 10.4. The summed E-state index contributed by atoms with van der Waals surface area (Å²) in [6.07, 6.45) is 5.78. The summed E-state index contributed by atoms with van der Waals surface area (Å²) < 4.78 is 0. The molecule has 2 rings (SSSR count). The first-order chi connectivity index (χ1) is 7.34. The van der Waals surface area contributed by atoms with Gasteiger partial charge in [-0.25, -0.2) is 0 Å². The van der Waals surface area contributed by atoms with Crippen molar-refractivity contribution in [2.24, 2.45) is 5.92 Å². The summed E-state index contributed by atoms with van der Waals surface area (Å²) in [5.41, 5.74) is 1.44. The molecule has 15 heavy (non-hydrogen) atoms. The van der Waals surface area contributed by atoms with Crippen molar-refractivity contribution in [2.75, 3.05) is 19.6 Å². The average Bonchev–Trinajstić information content (AvgIpc) is 2.28. The van der Waals surface area contributed by atoms with Crippen LogP contribution in [0.5, 0.6) is 0 Å². The topological polar surface area (TPSA) is 3.24 Å². The third-order valence-corrected chi connectivity index (χ3v) is 2.93. The summed E-state index contributed by atoms with van der Waals surface area (Å²) in [6, 6.07) is 10.7. The maximum atomic E-state index is 2.53. The monoisotopic (exact) mass is 201 g/mol. The van der Waals surface area contributed by atoms with Crippen LogP contribution >= 0.6 is 0 Å². The standard InChI is InChI=1S/C14H19N/c1-13-6-5-10-15(12-13)11-9-14-7-3-2-4-8-14/h2-8,13H,9-12H2,1H3. The lowest BCUT2D eigenvalue weighted by atomic mass is 10.1. The predicted octanol–water partition coefficient (Wildman–Crippen LogP) is 2.74. The van der Waals surface area contributed by atoms with Crippen LogP contribution in [0.2, 0.25) is 0 Å². The lowest BCUT2D eigenvalue weighted by Gasteiger charge is -2.26. The van der Waals surface area contributed by atoms with Crippen LogP contribution in [-0.4, -0.2) is 24.5 Å². The number of nitrogens with zero attached hydrogens (tertiary/aromatic N) is 1. The molecule has 1 unspecified atom stereocenters. The molecule has 0 aliphatic carbocycles. The largest absolute Gasteiger partial charge is 0.299 e. The fraction of sp³-hybridized carbons (Fsp3) is 0.429. The van der Waals surface area contributed by atoms with Gasteiger partial charge in [0, 0.05) is 19.6 Å². The van der Waals surface area contributed by atoms with Crippen LogP contribution in [0.1, 0.15) is 12.5 Å². The number of hydrogen-bond acceptors (Lipinski definition) is 1. The van der Waals surface area contributed by atoms with Gasteiger partial charge < -0.3 is 0 Å². The van der Waals surface area contributed by atoms with Gasteiger partial charge in [0.1, 0.15) is 0 Å². The second-order valence-electron chi connectivity index (χ2n) is 4.40. The highest BCUT2D eigenvalue weighted by Crippen LogP contribution is 2.09. The van der Waals surface area contributed by atoms with Crippen LogP contribution in [0.25, 0.3) is 0 Å². The molecule has 1 atom stereocenters. The van der Waals surface area contributed by atoms with Gasteiger partial charge in [-0.3, -0.25) is 4.90 Å². The quantitative estimate of drug-likeness (QED) is 0.680. The van der Waals surface area contributed by atoms with E-state index in [4.69, 9.17) is 0 Å². The highest BCUT2D eigenvalue weighted by molar-refractivity contribution is 5.15. The highest BCUT2D eigenvalue weighted by atomic mass is 15.1. The van der Waals surface area contributed by atoms with Crippen LogP contribution in [0.15, 0.2) is 42.5 Å². The summed E-state index contributed by atoms with van der Waals surface area (Å²) in [6.45, 7) is 5.80. The Hall–Kier alpha value is -1.08. The highest BCUT2D eigenvalue weighted by Gasteiger charge is 2.10. The van der Waals surface area contributed by atoms with E-state index in [0.29, 0.717) is 0 Å². The van der Waals surface area contributed by atoms with Gasteiger partial charge in [-0.2, -0.15) is 0 Å². The Kier molecular flexibility index (Phi) is 3.57. The zero-order valence-corrected chi connectivity index (χ0v) is 9.39. The summed E-state index contributed by atoms with van der Waals surface area (Å²) in [5, 5.41) is 0. The Morgan fingerprint density at radius 2 is 2.07 bits per heavy atom. The second kappa shape index (κ2) is 5.13. The molecule has 1 aliphatic rings. The average molecular weight is 201 g/mol. The van der Waals surface area contributed by atoms with Crippen molar-refractivity contribution >= 4 is 0 Å². The molecule has 0 fully saturated rings. The van der Waals surface area contributed by atoms with Gasteiger partial charge in [0.05, 0.1) is 0 Å². The van der Waals surface area contributed by atoms with Crippen LogP contribution in [0, 0.1) is 5.92 Å². The Labute approximate surface area is 92.4 Å². The molecule has 1 aromatic rings. The van der Waals surface area contributed by atoms with Crippen molar-refractivity contribution in [2.45, 2.75) is 13.3 Å². The molecule has 0 bridgehead atoms. The molecular formula is C14H19N. The molecule has 80 valence electrons. The molecule has 1 nitrogen and oxygen atoms in total. The molecule has 1 aliphatic heterocycles. The molecule has 0 aromatic heterocycles. The van der Waals surface area contributed by atoms with Crippen molar-refractivity contribution in [3.63, 3.8) is 0 Å². The SMILES string of the molecule is CC1C=CCN(CCc2ccccc2)C1. The van der Waals surface area contributed by atoms with Gasteiger partial charge in [-0.1, -0.05) is 49.4 Å². The number of benzene rings is 1. The van der Waals surface area contributed by atoms with E-state index in [1.54, 1.807) is 0 Å². The summed E-state index contributed by atoms with van der Waals surface area (Å²) in [7, 11) is 0. The van der Waals surface area contributed by atoms with Gasteiger partial charge in [-0.05, 0) is 17.9 Å². The van der Waals surface area contributed by atoms with E-state index in [2.05, 4.69) is 54.3 Å². The van der Waals surface area contributed by atoms with Crippen molar-refractivity contribution < 1.29 is 0 Å². The van der Waals surface area contributed by atoms with E-state index in [1.165, 1.54) is 25.1 Å². The Morgan fingerprint density at radius 1 is 1.27 bits per heavy atom. The minimum absolute atomic E-state index is 0.717. The van der Waals surface area contributed by atoms with Crippen molar-refractivity contribution in [1.29, 1.82) is 0 Å². The molecule has 0 N–H and O–H groups in total. The summed E-state index contributed by atoms with van der Waals surface area (Å²) >= 11 is 0. The Morgan fingerprint density at radius 3 is 2.80 bits per heavy atom. The molecular weight excluding hydrogens is 182 g/mol. The fourth-order valence-corrected chi connectivity index (χ4v) is 2.10. The Bertz CT molecular complexity index is 315. The molecule has 0 radical (unpaired) electrons. The number of rotatable bonds is 3. The Balaban J connectivity index is 1.81. The predicted molar refractivity (Wildman–Crippen MR) is 64.9 cm³/mol. The third kappa shape index (κ3) is 3.21. The second-order valence-corrected chi connectivity index (χ2v) is 4.40. The molecule has 0 spiro atoms. The minimum atomic E-state index is 0.717.